The zero-order chi connectivity index (χ0) is 25.2. The van der Waals surface area contributed by atoms with Crippen molar-refractivity contribution >= 4 is 27.7 Å². The van der Waals surface area contributed by atoms with Crippen molar-refractivity contribution in [1.82, 2.24) is 9.62 Å². The molecule has 2 unspecified atom stereocenters. The number of urea groups is 1. The highest BCUT2D eigenvalue weighted by molar-refractivity contribution is 7.90. The summed E-state index contributed by atoms with van der Waals surface area (Å²) in [7, 11) is -3.94. The molecule has 2 aliphatic rings. The summed E-state index contributed by atoms with van der Waals surface area (Å²) in [6, 6.07) is 12.4. The first kappa shape index (κ1) is 24.7. The number of carbonyl (C=O) groups is 1. The summed E-state index contributed by atoms with van der Waals surface area (Å²) in [4.78, 5) is 18.6. The van der Waals surface area contributed by atoms with Crippen molar-refractivity contribution < 1.29 is 13.2 Å². The molecule has 2 aromatic rings. The minimum Gasteiger partial charge on any atom is -0.369 e. The zero-order valence-corrected chi connectivity index (χ0v) is 20.7. The number of nitrogens with one attached hydrogen (secondary N) is 1. The van der Waals surface area contributed by atoms with E-state index in [1.165, 1.54) is 6.08 Å². The SMILES string of the molecule is C=CC(c1ccc2c(c1)CCN2C(=O)NCCC)S(=O)(=O)N1CC(c2ccccc2CN)N=C1N. The number of hydrogen-bond acceptors (Lipinski definition) is 6. The van der Waals surface area contributed by atoms with Crippen molar-refractivity contribution in [2.45, 2.75) is 37.6 Å². The Bertz CT molecular complexity index is 1260. The molecule has 2 heterocycles. The maximum Gasteiger partial charge on any atom is 0.321 e. The number of nitrogens with two attached hydrogens (primary N) is 2. The maximum absolute atomic E-state index is 13.7. The highest BCUT2D eigenvalue weighted by Gasteiger charge is 2.39. The third kappa shape index (κ3) is 4.63. The average Bonchev–Trinajstić information content (AvgIpc) is 3.46. The van der Waals surface area contributed by atoms with Gasteiger partial charge in [0.25, 0.3) is 0 Å². The second-order valence-electron chi connectivity index (χ2n) is 8.66. The van der Waals surface area contributed by atoms with Crippen LogP contribution in [0.25, 0.3) is 0 Å². The van der Waals surface area contributed by atoms with E-state index in [9.17, 15) is 13.2 Å². The van der Waals surface area contributed by atoms with Crippen LogP contribution in [0.3, 0.4) is 0 Å². The van der Waals surface area contributed by atoms with Crippen LogP contribution < -0.4 is 21.7 Å². The van der Waals surface area contributed by atoms with Crippen LogP contribution in [0.2, 0.25) is 0 Å². The van der Waals surface area contributed by atoms with E-state index < -0.39 is 21.3 Å². The lowest BCUT2D eigenvalue weighted by Crippen LogP contribution is -2.41. The summed E-state index contributed by atoms with van der Waals surface area (Å²) in [5.74, 6) is -0.0476. The molecule has 4 rings (SSSR count). The van der Waals surface area contributed by atoms with Crippen LogP contribution in [0.15, 0.2) is 60.1 Å². The zero-order valence-electron chi connectivity index (χ0n) is 19.9. The molecule has 2 aromatic carbocycles. The Balaban J connectivity index is 1.58. The van der Waals surface area contributed by atoms with Crippen LogP contribution in [-0.2, 0) is 23.0 Å². The molecule has 0 bridgehead atoms. The Morgan fingerprint density at radius 3 is 2.80 bits per heavy atom. The van der Waals surface area contributed by atoms with E-state index in [-0.39, 0.29) is 18.5 Å². The van der Waals surface area contributed by atoms with Gasteiger partial charge in [0.2, 0.25) is 16.0 Å². The molecular weight excluding hydrogens is 464 g/mol. The third-order valence-electron chi connectivity index (χ3n) is 6.46. The number of anilines is 1. The number of hydrogen-bond donors (Lipinski definition) is 3. The number of guanidine groups is 1. The molecule has 0 radical (unpaired) electrons. The van der Waals surface area contributed by atoms with Crippen molar-refractivity contribution in [3.05, 3.63) is 77.4 Å². The highest BCUT2D eigenvalue weighted by Crippen LogP contribution is 2.36. The van der Waals surface area contributed by atoms with Gasteiger partial charge in [0.1, 0.15) is 5.25 Å². The normalized spacial score (nSPS) is 18.2. The molecule has 10 heteroatoms. The predicted octanol–water partition coefficient (Wildman–Crippen LogP) is 2.56. The summed E-state index contributed by atoms with van der Waals surface area (Å²) in [6.45, 7) is 7.38. The highest BCUT2D eigenvalue weighted by atomic mass is 32.2. The number of sulfonamides is 1. The van der Waals surface area contributed by atoms with E-state index in [1.54, 1.807) is 17.0 Å². The van der Waals surface area contributed by atoms with Crippen molar-refractivity contribution in [2.24, 2.45) is 16.5 Å². The van der Waals surface area contributed by atoms with Crippen LogP contribution in [0, 0.1) is 0 Å². The molecule has 0 saturated carbocycles. The molecule has 2 atom stereocenters. The van der Waals surface area contributed by atoms with E-state index in [4.69, 9.17) is 11.5 Å². The topological polar surface area (TPSA) is 134 Å². The van der Waals surface area contributed by atoms with Crippen molar-refractivity contribution in [2.75, 3.05) is 24.5 Å². The first-order valence-corrected chi connectivity index (χ1v) is 13.3. The Kier molecular flexibility index (Phi) is 7.13. The van der Waals surface area contributed by atoms with Gasteiger partial charge in [-0.1, -0.05) is 49.4 Å². The minimum atomic E-state index is -3.94. The average molecular weight is 497 g/mol. The van der Waals surface area contributed by atoms with E-state index >= 15 is 0 Å². The number of benzene rings is 2. The number of fused-ring (bicyclic) bond motifs is 1. The van der Waals surface area contributed by atoms with Gasteiger partial charge in [0, 0.05) is 25.3 Å². The molecule has 0 spiro atoms. The number of amides is 2. The lowest BCUT2D eigenvalue weighted by atomic mass is 10.0. The van der Waals surface area contributed by atoms with Gasteiger partial charge in [0.15, 0.2) is 0 Å². The molecule has 35 heavy (non-hydrogen) atoms. The first-order valence-electron chi connectivity index (χ1n) is 11.7. The predicted molar refractivity (Wildman–Crippen MR) is 138 cm³/mol. The molecule has 0 aromatic heterocycles. The van der Waals surface area contributed by atoms with Crippen LogP contribution in [0.4, 0.5) is 10.5 Å². The first-order chi connectivity index (χ1) is 16.8. The fourth-order valence-corrected chi connectivity index (χ4v) is 6.33. The Hall–Kier alpha value is -3.37. The largest absolute Gasteiger partial charge is 0.369 e. The van der Waals surface area contributed by atoms with Gasteiger partial charge in [-0.3, -0.25) is 4.90 Å². The smallest absolute Gasteiger partial charge is 0.321 e. The molecule has 9 nitrogen and oxygen atoms in total. The Morgan fingerprint density at radius 1 is 1.31 bits per heavy atom. The van der Waals surface area contributed by atoms with Gasteiger partial charge in [0.05, 0.1) is 12.6 Å². The second kappa shape index (κ2) is 10.1. The molecule has 2 amide bonds. The van der Waals surface area contributed by atoms with Crippen molar-refractivity contribution in [3.8, 4) is 0 Å². The van der Waals surface area contributed by atoms with Crippen molar-refractivity contribution in [3.63, 3.8) is 0 Å². The van der Waals surface area contributed by atoms with Crippen LogP contribution in [0.1, 0.15) is 46.9 Å². The monoisotopic (exact) mass is 496 g/mol. The minimum absolute atomic E-state index is 0.0476. The van der Waals surface area contributed by atoms with Gasteiger partial charge in [-0.05, 0) is 41.2 Å². The van der Waals surface area contributed by atoms with Crippen LogP contribution in [0.5, 0.6) is 0 Å². The molecular formula is C25H32N6O3S. The van der Waals surface area contributed by atoms with Crippen LogP contribution in [-0.4, -0.2) is 44.3 Å². The number of carbonyl (C=O) groups excluding carboxylic acids is 1. The molecule has 5 N–H and O–H groups in total. The van der Waals surface area contributed by atoms with Crippen LogP contribution >= 0.6 is 0 Å². The third-order valence-corrected chi connectivity index (χ3v) is 8.51. The molecule has 0 aliphatic carbocycles. The van der Waals surface area contributed by atoms with Crippen molar-refractivity contribution in [1.29, 1.82) is 0 Å². The Labute approximate surface area is 206 Å². The van der Waals surface area contributed by atoms with Gasteiger partial charge in [-0.25, -0.2) is 22.5 Å². The molecule has 0 saturated heterocycles. The fraction of sp³-hybridized carbons (Fsp3) is 0.360. The summed E-state index contributed by atoms with van der Waals surface area (Å²) in [5, 5.41) is 1.88. The molecule has 0 fully saturated rings. The van der Waals surface area contributed by atoms with E-state index in [2.05, 4.69) is 16.9 Å². The maximum atomic E-state index is 13.7. The summed E-state index contributed by atoms with van der Waals surface area (Å²) in [6.07, 6.45) is 2.91. The number of rotatable bonds is 8. The van der Waals surface area contributed by atoms with Gasteiger partial charge >= 0.3 is 6.03 Å². The van der Waals surface area contributed by atoms with Gasteiger partial charge in [-0.15, -0.1) is 6.58 Å². The quantitative estimate of drug-likeness (QED) is 0.483. The molecule has 2 aliphatic heterocycles. The summed E-state index contributed by atoms with van der Waals surface area (Å²) < 4.78 is 28.5. The van der Waals surface area contributed by atoms with Gasteiger partial charge < -0.3 is 16.8 Å². The van der Waals surface area contributed by atoms with Gasteiger partial charge in [-0.2, -0.15) is 0 Å². The second-order valence-corrected chi connectivity index (χ2v) is 10.6. The fourth-order valence-electron chi connectivity index (χ4n) is 4.67. The number of aliphatic imine (C=N–C) groups is 1. The summed E-state index contributed by atoms with van der Waals surface area (Å²) in [5.41, 5.74) is 16.0. The van der Waals surface area contributed by atoms with E-state index in [1.807, 2.05) is 37.3 Å². The summed E-state index contributed by atoms with van der Waals surface area (Å²) >= 11 is 0. The standard InChI is InChI=1S/C25H32N6O3S/c1-3-12-28-25(32)30-13-11-17-14-18(9-10-22(17)30)23(4-2)35(33,34)31-16-21(29-24(31)27)20-8-6-5-7-19(20)15-26/h4-10,14,21,23H,2-3,11-13,15-16,26H2,1H3,(H2,27,29)(H,28,32). The van der Waals surface area contributed by atoms with E-state index in [0.717, 1.165) is 33.1 Å². The molecule has 186 valence electrons. The van der Waals surface area contributed by atoms with E-state index in [0.29, 0.717) is 31.6 Å². The lowest BCUT2D eigenvalue weighted by molar-refractivity contribution is 0.247. The lowest BCUT2D eigenvalue weighted by Gasteiger charge is -2.25. The Morgan fingerprint density at radius 2 is 2.09 bits per heavy atom. The number of nitrogens with zero attached hydrogens (tertiary/aromatic N) is 3.